The SMILES string of the molecule is OCCCC(O)c1ccc(Oc2ccc(C(O)CCCO)cc2)cc1. The predicted octanol–water partition coefficient (Wildman–Crippen LogP) is 3.09. The molecule has 25 heavy (non-hydrogen) atoms. The van der Waals surface area contributed by atoms with Crippen LogP contribution >= 0.6 is 0 Å². The predicted molar refractivity (Wildman–Crippen MR) is 95.5 cm³/mol. The Morgan fingerprint density at radius 3 is 1.32 bits per heavy atom. The second-order valence-electron chi connectivity index (χ2n) is 6.00. The zero-order valence-corrected chi connectivity index (χ0v) is 14.2. The third-order valence-electron chi connectivity index (χ3n) is 4.04. The molecule has 2 rings (SSSR count). The molecule has 5 heteroatoms. The lowest BCUT2D eigenvalue weighted by molar-refractivity contribution is 0.151. The smallest absolute Gasteiger partial charge is 0.127 e. The first-order valence-electron chi connectivity index (χ1n) is 8.59. The molecule has 0 heterocycles. The summed E-state index contributed by atoms with van der Waals surface area (Å²) in [5.41, 5.74) is 1.59. The van der Waals surface area contributed by atoms with Crippen LogP contribution in [0.25, 0.3) is 0 Å². The molecule has 0 aliphatic carbocycles. The van der Waals surface area contributed by atoms with E-state index < -0.39 is 12.2 Å². The van der Waals surface area contributed by atoms with Gasteiger partial charge in [-0.05, 0) is 61.1 Å². The number of ether oxygens (including phenoxy) is 1. The minimum atomic E-state index is -0.583. The molecule has 5 nitrogen and oxygen atoms in total. The molecule has 0 spiro atoms. The summed E-state index contributed by atoms with van der Waals surface area (Å²) in [5.74, 6) is 1.32. The molecule has 0 aliphatic rings. The van der Waals surface area contributed by atoms with Crippen molar-refractivity contribution in [2.24, 2.45) is 0 Å². The van der Waals surface area contributed by atoms with E-state index in [1.54, 1.807) is 24.3 Å². The number of aliphatic hydroxyl groups excluding tert-OH is 4. The minimum absolute atomic E-state index is 0.0724. The summed E-state index contributed by atoms with van der Waals surface area (Å²) in [5, 5.41) is 37.6. The Morgan fingerprint density at radius 2 is 1.00 bits per heavy atom. The summed E-state index contributed by atoms with van der Waals surface area (Å²) < 4.78 is 5.77. The van der Waals surface area contributed by atoms with Crippen molar-refractivity contribution >= 4 is 0 Å². The van der Waals surface area contributed by atoms with Crippen molar-refractivity contribution in [2.45, 2.75) is 37.9 Å². The monoisotopic (exact) mass is 346 g/mol. The van der Waals surface area contributed by atoms with Gasteiger partial charge in [-0.1, -0.05) is 24.3 Å². The molecule has 136 valence electrons. The van der Waals surface area contributed by atoms with E-state index >= 15 is 0 Å². The standard InChI is InChI=1S/C20H26O5/c21-13-1-3-19(23)15-5-9-17(10-6-15)25-18-11-7-16(8-12-18)20(24)4-2-14-22/h5-12,19-24H,1-4,13-14H2. The van der Waals surface area contributed by atoms with E-state index in [0.717, 1.165) is 11.1 Å². The molecule has 2 unspecified atom stereocenters. The fourth-order valence-corrected chi connectivity index (χ4v) is 2.55. The molecular formula is C20H26O5. The Morgan fingerprint density at radius 1 is 0.640 bits per heavy atom. The van der Waals surface area contributed by atoms with E-state index in [2.05, 4.69) is 0 Å². The van der Waals surface area contributed by atoms with Gasteiger partial charge in [-0.25, -0.2) is 0 Å². The second-order valence-corrected chi connectivity index (χ2v) is 6.00. The van der Waals surface area contributed by atoms with Crippen molar-refractivity contribution < 1.29 is 25.2 Å². The maximum atomic E-state index is 9.99. The molecule has 0 aliphatic heterocycles. The molecule has 0 fully saturated rings. The number of aliphatic hydroxyl groups is 4. The van der Waals surface area contributed by atoms with E-state index in [-0.39, 0.29) is 13.2 Å². The summed E-state index contributed by atoms with van der Waals surface area (Å²) >= 11 is 0. The van der Waals surface area contributed by atoms with E-state index in [1.807, 2.05) is 24.3 Å². The van der Waals surface area contributed by atoms with E-state index in [9.17, 15) is 10.2 Å². The van der Waals surface area contributed by atoms with Gasteiger partial charge < -0.3 is 25.2 Å². The Labute approximate surface area is 148 Å². The van der Waals surface area contributed by atoms with Crippen LogP contribution in [0, 0.1) is 0 Å². The number of hydrogen-bond acceptors (Lipinski definition) is 5. The Kier molecular flexibility index (Phi) is 7.88. The van der Waals surface area contributed by atoms with Crippen LogP contribution in [0.2, 0.25) is 0 Å². The average Bonchev–Trinajstić information content (AvgIpc) is 2.65. The summed E-state index contributed by atoms with van der Waals surface area (Å²) in [4.78, 5) is 0. The van der Waals surface area contributed by atoms with Crippen LogP contribution in [0.5, 0.6) is 11.5 Å². The van der Waals surface area contributed by atoms with Crippen LogP contribution in [0.15, 0.2) is 48.5 Å². The third kappa shape index (κ3) is 6.14. The maximum Gasteiger partial charge on any atom is 0.127 e. The summed E-state index contributed by atoms with van der Waals surface area (Å²) in [6.45, 7) is 0.145. The van der Waals surface area contributed by atoms with Gasteiger partial charge in [0.25, 0.3) is 0 Å². The fourth-order valence-electron chi connectivity index (χ4n) is 2.55. The fraction of sp³-hybridized carbons (Fsp3) is 0.400. The van der Waals surface area contributed by atoms with Gasteiger partial charge in [0.15, 0.2) is 0 Å². The van der Waals surface area contributed by atoms with Gasteiger partial charge in [-0.15, -0.1) is 0 Å². The molecule has 0 saturated heterocycles. The van der Waals surface area contributed by atoms with Crippen LogP contribution in [0.1, 0.15) is 49.0 Å². The lowest BCUT2D eigenvalue weighted by Gasteiger charge is -2.13. The first-order valence-corrected chi connectivity index (χ1v) is 8.59. The molecule has 0 radical (unpaired) electrons. The van der Waals surface area contributed by atoms with Gasteiger partial charge >= 0.3 is 0 Å². The van der Waals surface area contributed by atoms with Crippen LogP contribution in [-0.4, -0.2) is 33.6 Å². The first-order chi connectivity index (χ1) is 12.1. The summed E-state index contributed by atoms with van der Waals surface area (Å²) in [6, 6.07) is 14.4. The highest BCUT2D eigenvalue weighted by Crippen LogP contribution is 2.27. The van der Waals surface area contributed by atoms with Gasteiger partial charge in [0.05, 0.1) is 12.2 Å². The average molecular weight is 346 g/mol. The zero-order chi connectivity index (χ0) is 18.1. The number of benzene rings is 2. The molecule has 0 saturated carbocycles. The molecule has 0 bridgehead atoms. The number of hydrogen-bond donors (Lipinski definition) is 4. The molecule has 0 amide bonds. The first kappa shape index (κ1) is 19.4. The molecule has 2 aromatic carbocycles. The van der Waals surface area contributed by atoms with E-state index in [4.69, 9.17) is 14.9 Å². The Balaban J connectivity index is 1.93. The Bertz CT molecular complexity index is 553. The summed E-state index contributed by atoms with van der Waals surface area (Å²) in [7, 11) is 0. The van der Waals surface area contributed by atoms with Gasteiger partial charge in [0.1, 0.15) is 11.5 Å². The molecule has 2 atom stereocenters. The van der Waals surface area contributed by atoms with Crippen LogP contribution in [-0.2, 0) is 0 Å². The Hall–Kier alpha value is -1.92. The third-order valence-corrected chi connectivity index (χ3v) is 4.04. The van der Waals surface area contributed by atoms with Crippen molar-refractivity contribution in [3.63, 3.8) is 0 Å². The van der Waals surface area contributed by atoms with Crippen molar-refractivity contribution in [3.05, 3.63) is 59.7 Å². The van der Waals surface area contributed by atoms with Crippen LogP contribution in [0.4, 0.5) is 0 Å². The van der Waals surface area contributed by atoms with E-state index in [1.165, 1.54) is 0 Å². The van der Waals surface area contributed by atoms with Crippen LogP contribution < -0.4 is 4.74 Å². The highest BCUT2D eigenvalue weighted by molar-refractivity contribution is 5.35. The van der Waals surface area contributed by atoms with Crippen LogP contribution in [0.3, 0.4) is 0 Å². The van der Waals surface area contributed by atoms with Gasteiger partial charge in [0, 0.05) is 13.2 Å². The van der Waals surface area contributed by atoms with Crippen molar-refractivity contribution in [1.29, 1.82) is 0 Å². The molecule has 4 N–H and O–H groups in total. The highest BCUT2D eigenvalue weighted by Gasteiger charge is 2.09. The maximum absolute atomic E-state index is 9.99. The van der Waals surface area contributed by atoms with E-state index in [0.29, 0.717) is 37.2 Å². The molecule has 0 aromatic heterocycles. The molecular weight excluding hydrogens is 320 g/mol. The highest BCUT2D eigenvalue weighted by atomic mass is 16.5. The molecule has 2 aromatic rings. The largest absolute Gasteiger partial charge is 0.457 e. The lowest BCUT2D eigenvalue weighted by atomic mass is 10.0. The summed E-state index contributed by atoms with van der Waals surface area (Å²) in [6.07, 6.45) is 1.01. The normalized spacial score (nSPS) is 13.4. The number of rotatable bonds is 10. The zero-order valence-electron chi connectivity index (χ0n) is 14.2. The van der Waals surface area contributed by atoms with Crippen molar-refractivity contribution in [3.8, 4) is 11.5 Å². The quantitative estimate of drug-likeness (QED) is 0.531. The lowest BCUT2D eigenvalue weighted by Crippen LogP contribution is -1.99. The minimum Gasteiger partial charge on any atom is -0.457 e. The van der Waals surface area contributed by atoms with Gasteiger partial charge in [-0.2, -0.15) is 0 Å². The van der Waals surface area contributed by atoms with Gasteiger partial charge in [0.2, 0.25) is 0 Å². The topological polar surface area (TPSA) is 90.2 Å². The van der Waals surface area contributed by atoms with Gasteiger partial charge in [-0.3, -0.25) is 0 Å². The van der Waals surface area contributed by atoms with Crippen molar-refractivity contribution in [2.75, 3.05) is 13.2 Å². The second kappa shape index (κ2) is 10.2. The van der Waals surface area contributed by atoms with Crippen molar-refractivity contribution in [1.82, 2.24) is 0 Å².